The zero-order valence-corrected chi connectivity index (χ0v) is 19.0. The Labute approximate surface area is 196 Å². The first kappa shape index (κ1) is 25.0. The van der Waals surface area contributed by atoms with E-state index in [0.29, 0.717) is 6.92 Å². The van der Waals surface area contributed by atoms with Gasteiger partial charge < -0.3 is 10.3 Å². The van der Waals surface area contributed by atoms with Crippen LogP contribution in [-0.4, -0.2) is 41.1 Å². The number of nitrogens with zero attached hydrogens (tertiary/aromatic N) is 3. The van der Waals surface area contributed by atoms with Gasteiger partial charge >= 0.3 is 6.18 Å². The van der Waals surface area contributed by atoms with Crippen molar-refractivity contribution >= 4 is 27.0 Å². The first-order chi connectivity index (χ1) is 16.3. The number of nitrogens with one attached hydrogen (secondary N) is 1. The van der Waals surface area contributed by atoms with Crippen molar-refractivity contribution in [1.29, 1.82) is 0 Å². The van der Waals surface area contributed by atoms with E-state index in [1.165, 1.54) is 10.8 Å². The van der Waals surface area contributed by atoms with Crippen molar-refractivity contribution in [2.24, 2.45) is 5.73 Å². The number of carbonyl (C=O) groups excluding carboxylic acids is 1. The minimum absolute atomic E-state index is 0.0881. The summed E-state index contributed by atoms with van der Waals surface area (Å²) >= 11 is 0. The highest BCUT2D eigenvalue weighted by Gasteiger charge is 2.39. The Bertz CT molecular complexity index is 1380. The number of primary amides is 1. The molecule has 8 nitrogen and oxygen atoms in total. The second-order valence-electron chi connectivity index (χ2n) is 8.25. The molecule has 1 aliphatic rings. The van der Waals surface area contributed by atoms with Gasteiger partial charge in [0, 0.05) is 29.4 Å². The number of aromatic nitrogens is 3. The number of carbonyl (C=O) groups is 1. The number of sulfonamides is 1. The smallest absolute Gasteiger partial charge is 0.366 e. The van der Waals surface area contributed by atoms with Gasteiger partial charge in [-0.15, -0.1) is 0 Å². The first-order valence-electron chi connectivity index (χ1n) is 10.5. The summed E-state index contributed by atoms with van der Waals surface area (Å²) in [6.45, 7) is 0.663. The van der Waals surface area contributed by atoms with Crippen LogP contribution in [0.25, 0.3) is 22.4 Å². The quantitative estimate of drug-likeness (QED) is 0.458. The van der Waals surface area contributed by atoms with Gasteiger partial charge in [-0.05, 0) is 44.4 Å². The highest BCUT2D eigenvalue weighted by Crippen LogP contribution is 2.42. The summed E-state index contributed by atoms with van der Waals surface area (Å²) < 4.78 is 93.0. The van der Waals surface area contributed by atoms with Gasteiger partial charge in [0.05, 0.1) is 17.0 Å². The predicted molar refractivity (Wildman–Crippen MR) is 115 cm³/mol. The Kier molecular flexibility index (Phi) is 6.30. The number of nitrogens with two attached hydrogens (primary N) is 1. The Morgan fingerprint density at radius 2 is 1.89 bits per heavy atom. The monoisotopic (exact) mass is 517 g/mol. The molecule has 1 amide bonds. The lowest BCUT2D eigenvalue weighted by Crippen LogP contribution is -2.42. The predicted octanol–water partition coefficient (Wildman–Crippen LogP) is 4.09. The number of halogens is 5. The van der Waals surface area contributed by atoms with Crippen LogP contribution in [0.1, 0.15) is 54.6 Å². The third kappa shape index (κ3) is 4.59. The number of hydrogen-bond acceptors (Lipinski definition) is 5. The lowest BCUT2D eigenvalue weighted by Gasteiger charge is -2.29. The van der Waals surface area contributed by atoms with Gasteiger partial charge in [-0.25, -0.2) is 22.2 Å². The standard InChI is InChI=1S/C21H20F5N5O3S/c1-10(21(24,25)26)30-35(33,34)13-5-6-15(28-9-13)17-16(19(27)32)14-7-11(18(22)23)8-29-20(14)31(17)12-3-2-4-12/h5-10,12,18,30H,2-4H2,1H3,(H2,27,32)/t10-/m0/s1. The van der Waals surface area contributed by atoms with E-state index in [-0.39, 0.29) is 34.0 Å². The summed E-state index contributed by atoms with van der Waals surface area (Å²) in [4.78, 5) is 20.1. The van der Waals surface area contributed by atoms with Gasteiger partial charge in [-0.2, -0.15) is 17.9 Å². The number of pyridine rings is 2. The molecular formula is C21H20F5N5O3S. The van der Waals surface area contributed by atoms with E-state index in [0.717, 1.165) is 43.8 Å². The number of alkyl halides is 5. The van der Waals surface area contributed by atoms with Crippen molar-refractivity contribution in [2.45, 2.75) is 55.8 Å². The average molecular weight is 517 g/mol. The Morgan fingerprint density at radius 3 is 2.37 bits per heavy atom. The summed E-state index contributed by atoms with van der Waals surface area (Å²) in [5, 5.41) is 0.108. The van der Waals surface area contributed by atoms with Gasteiger partial charge in [0.15, 0.2) is 0 Å². The molecule has 3 aromatic heterocycles. The zero-order chi connectivity index (χ0) is 25.7. The lowest BCUT2D eigenvalue weighted by molar-refractivity contribution is -0.147. The topological polar surface area (TPSA) is 120 Å². The third-order valence-corrected chi connectivity index (χ3v) is 7.44. The van der Waals surface area contributed by atoms with Gasteiger partial charge in [-0.1, -0.05) is 0 Å². The normalized spacial score (nSPS) is 16.0. The van der Waals surface area contributed by atoms with Crippen LogP contribution in [-0.2, 0) is 10.0 Å². The second-order valence-corrected chi connectivity index (χ2v) is 9.96. The molecule has 3 N–H and O–H groups in total. The minimum Gasteiger partial charge on any atom is -0.366 e. The van der Waals surface area contributed by atoms with Crippen LogP contribution in [0.3, 0.4) is 0 Å². The van der Waals surface area contributed by atoms with Crippen molar-refractivity contribution in [3.63, 3.8) is 0 Å². The minimum atomic E-state index is -4.79. The van der Waals surface area contributed by atoms with Gasteiger partial charge in [0.2, 0.25) is 10.0 Å². The Balaban J connectivity index is 1.85. The van der Waals surface area contributed by atoms with E-state index >= 15 is 0 Å². The summed E-state index contributed by atoms with van der Waals surface area (Å²) in [5.74, 6) is -0.921. The SMILES string of the molecule is C[C@H](NS(=O)(=O)c1ccc(-c2c(C(N)=O)c3cc(C(F)F)cnc3n2C2CCC2)nc1)C(F)(F)F. The molecule has 14 heteroatoms. The number of hydrogen-bond donors (Lipinski definition) is 2. The molecule has 1 aliphatic carbocycles. The first-order valence-corrected chi connectivity index (χ1v) is 12.0. The second kappa shape index (κ2) is 8.82. The van der Waals surface area contributed by atoms with E-state index in [2.05, 4.69) is 9.97 Å². The van der Waals surface area contributed by atoms with E-state index in [1.807, 2.05) is 0 Å². The van der Waals surface area contributed by atoms with Crippen LogP contribution in [0.2, 0.25) is 0 Å². The van der Waals surface area contributed by atoms with Crippen molar-refractivity contribution in [2.75, 3.05) is 0 Å². The molecular weight excluding hydrogens is 497 g/mol. The fraction of sp³-hybridized carbons (Fsp3) is 0.381. The van der Waals surface area contributed by atoms with E-state index in [4.69, 9.17) is 5.73 Å². The molecule has 0 bridgehead atoms. The molecule has 188 valence electrons. The maximum Gasteiger partial charge on any atom is 0.404 e. The van der Waals surface area contributed by atoms with Gasteiger partial charge in [0.25, 0.3) is 12.3 Å². The van der Waals surface area contributed by atoms with Crippen molar-refractivity contribution in [3.05, 3.63) is 41.7 Å². The van der Waals surface area contributed by atoms with Crippen molar-refractivity contribution < 1.29 is 35.2 Å². The fourth-order valence-electron chi connectivity index (χ4n) is 3.87. The van der Waals surface area contributed by atoms with Crippen LogP contribution < -0.4 is 10.5 Å². The van der Waals surface area contributed by atoms with E-state index < -0.39 is 45.0 Å². The van der Waals surface area contributed by atoms with Crippen molar-refractivity contribution in [1.82, 2.24) is 19.3 Å². The molecule has 0 aromatic carbocycles. The molecule has 1 saturated carbocycles. The molecule has 0 saturated heterocycles. The maximum atomic E-state index is 13.3. The molecule has 4 rings (SSSR count). The molecule has 0 aliphatic heterocycles. The van der Waals surface area contributed by atoms with Crippen LogP contribution in [0, 0.1) is 0 Å². The Morgan fingerprint density at radius 1 is 1.20 bits per heavy atom. The van der Waals surface area contributed by atoms with Gasteiger partial charge in [0.1, 0.15) is 16.6 Å². The van der Waals surface area contributed by atoms with Gasteiger partial charge in [-0.3, -0.25) is 9.78 Å². The van der Waals surface area contributed by atoms with E-state index in [1.54, 1.807) is 4.57 Å². The van der Waals surface area contributed by atoms with Crippen LogP contribution in [0.5, 0.6) is 0 Å². The lowest BCUT2D eigenvalue weighted by atomic mass is 9.92. The fourth-order valence-corrected chi connectivity index (χ4v) is 5.04. The highest BCUT2D eigenvalue weighted by molar-refractivity contribution is 7.89. The molecule has 0 unspecified atom stereocenters. The number of rotatable bonds is 7. The third-order valence-electron chi connectivity index (χ3n) is 5.91. The molecule has 0 spiro atoms. The molecule has 0 radical (unpaired) electrons. The number of amides is 1. The largest absolute Gasteiger partial charge is 0.404 e. The van der Waals surface area contributed by atoms with Crippen LogP contribution >= 0.6 is 0 Å². The summed E-state index contributed by atoms with van der Waals surface area (Å²) in [6, 6.07) is 0.943. The summed E-state index contributed by atoms with van der Waals surface area (Å²) in [6.07, 6.45) is -3.43. The summed E-state index contributed by atoms with van der Waals surface area (Å²) in [7, 11) is -4.55. The van der Waals surface area contributed by atoms with Crippen LogP contribution in [0.15, 0.2) is 35.5 Å². The number of fused-ring (bicyclic) bond motifs is 1. The zero-order valence-electron chi connectivity index (χ0n) is 18.2. The molecule has 35 heavy (non-hydrogen) atoms. The highest BCUT2D eigenvalue weighted by atomic mass is 32.2. The van der Waals surface area contributed by atoms with E-state index in [9.17, 15) is 35.2 Å². The van der Waals surface area contributed by atoms with Crippen molar-refractivity contribution in [3.8, 4) is 11.4 Å². The summed E-state index contributed by atoms with van der Waals surface area (Å²) in [5.41, 5.74) is 5.61. The van der Waals surface area contributed by atoms with Crippen LogP contribution in [0.4, 0.5) is 22.0 Å². The molecule has 3 aromatic rings. The molecule has 1 atom stereocenters. The molecule has 1 fully saturated rings. The Hall–Kier alpha value is -3.13. The maximum absolute atomic E-state index is 13.3. The molecule has 3 heterocycles. The average Bonchev–Trinajstić information content (AvgIpc) is 3.06.